The standard InChI is InChI=1S/C54H38N4/c1-35-17-15-27-47-51(35)55-53(39-23-11-5-12-24-39)57(47)41-29-31-43-45(33-41)49(37-19-7-3-8-20-37)44-32-30-42(34-46(44)50(43)38-21-9-4-10-22-38)58-48-28-16-18-36(2)52(48)56-54(58)40-25-13-6-14-26-40/h3-34H,1-2H3. The molecule has 0 aliphatic rings. The quantitative estimate of drug-likeness (QED) is 0.159. The van der Waals surface area contributed by atoms with Crippen LogP contribution in [0.1, 0.15) is 11.1 Å². The van der Waals surface area contributed by atoms with E-state index in [4.69, 9.17) is 9.97 Å². The third-order valence-electron chi connectivity index (χ3n) is 11.6. The van der Waals surface area contributed by atoms with Crippen molar-refractivity contribution in [1.82, 2.24) is 19.1 Å². The van der Waals surface area contributed by atoms with Gasteiger partial charge in [0, 0.05) is 22.5 Å². The van der Waals surface area contributed by atoms with Gasteiger partial charge in [0.25, 0.3) is 0 Å². The molecule has 11 rings (SSSR count). The summed E-state index contributed by atoms with van der Waals surface area (Å²) in [5, 5.41) is 4.75. The number of fused-ring (bicyclic) bond motifs is 4. The zero-order valence-corrected chi connectivity index (χ0v) is 32.3. The average molecular weight is 743 g/mol. The van der Waals surface area contributed by atoms with Crippen LogP contribution < -0.4 is 0 Å². The van der Waals surface area contributed by atoms with Crippen LogP contribution in [0.5, 0.6) is 0 Å². The van der Waals surface area contributed by atoms with Crippen molar-refractivity contribution in [3.63, 3.8) is 0 Å². The first kappa shape index (κ1) is 33.8. The largest absolute Gasteiger partial charge is 0.292 e. The van der Waals surface area contributed by atoms with Crippen LogP contribution in [-0.2, 0) is 0 Å². The molecular weight excluding hydrogens is 705 g/mol. The molecule has 58 heavy (non-hydrogen) atoms. The van der Waals surface area contributed by atoms with Gasteiger partial charge in [-0.15, -0.1) is 0 Å². The summed E-state index contributed by atoms with van der Waals surface area (Å²) in [7, 11) is 0. The fraction of sp³-hybridized carbons (Fsp3) is 0.0370. The van der Waals surface area contributed by atoms with Gasteiger partial charge in [0.1, 0.15) is 11.6 Å². The summed E-state index contributed by atoms with van der Waals surface area (Å²) in [5.74, 6) is 1.85. The zero-order valence-electron chi connectivity index (χ0n) is 32.3. The van der Waals surface area contributed by atoms with Crippen LogP contribution in [0.4, 0.5) is 0 Å². The van der Waals surface area contributed by atoms with E-state index in [1.54, 1.807) is 0 Å². The Morgan fingerprint density at radius 1 is 0.328 bits per heavy atom. The highest BCUT2D eigenvalue weighted by Crippen LogP contribution is 2.46. The van der Waals surface area contributed by atoms with Gasteiger partial charge in [-0.2, -0.15) is 0 Å². The van der Waals surface area contributed by atoms with Gasteiger partial charge >= 0.3 is 0 Å². The molecule has 2 heterocycles. The molecule has 0 aliphatic carbocycles. The number of hydrogen-bond donors (Lipinski definition) is 0. The van der Waals surface area contributed by atoms with Crippen molar-refractivity contribution in [2.24, 2.45) is 0 Å². The highest BCUT2D eigenvalue weighted by Gasteiger charge is 2.22. The normalized spacial score (nSPS) is 11.6. The van der Waals surface area contributed by atoms with E-state index in [2.05, 4.69) is 217 Å². The SMILES string of the molecule is Cc1cccc2c1nc(-c1ccccc1)n2-c1ccc2c(-c3ccccc3)c3cc(-n4c(-c5ccccc5)nc5c(C)cccc54)ccc3c(-c3ccccc3)c2c1. The summed E-state index contributed by atoms with van der Waals surface area (Å²) in [6.07, 6.45) is 0. The maximum atomic E-state index is 5.28. The summed E-state index contributed by atoms with van der Waals surface area (Å²) in [4.78, 5) is 10.6. The lowest BCUT2D eigenvalue weighted by Crippen LogP contribution is -2.00. The van der Waals surface area contributed by atoms with Gasteiger partial charge in [0.15, 0.2) is 0 Å². The average Bonchev–Trinajstić information content (AvgIpc) is 3.88. The molecule has 0 N–H and O–H groups in total. The maximum Gasteiger partial charge on any atom is 0.145 e. The van der Waals surface area contributed by atoms with E-state index < -0.39 is 0 Å². The van der Waals surface area contributed by atoms with Gasteiger partial charge in [-0.05, 0) is 105 Å². The molecule has 11 aromatic rings. The lowest BCUT2D eigenvalue weighted by molar-refractivity contribution is 1.10. The Morgan fingerprint density at radius 3 is 1.07 bits per heavy atom. The van der Waals surface area contributed by atoms with E-state index in [0.717, 1.165) is 67.3 Å². The van der Waals surface area contributed by atoms with E-state index >= 15 is 0 Å². The van der Waals surface area contributed by atoms with Crippen LogP contribution in [0.2, 0.25) is 0 Å². The number of aryl methyl sites for hydroxylation is 2. The molecule has 0 unspecified atom stereocenters. The fourth-order valence-electron chi connectivity index (χ4n) is 8.88. The van der Waals surface area contributed by atoms with Crippen molar-refractivity contribution in [2.45, 2.75) is 13.8 Å². The minimum absolute atomic E-state index is 0.927. The van der Waals surface area contributed by atoms with Crippen LogP contribution in [0.15, 0.2) is 194 Å². The second-order valence-corrected chi connectivity index (χ2v) is 15.1. The molecule has 0 fully saturated rings. The molecule has 0 aliphatic heterocycles. The van der Waals surface area contributed by atoms with Crippen LogP contribution in [0.3, 0.4) is 0 Å². The summed E-state index contributed by atoms with van der Waals surface area (Å²) in [6, 6.07) is 69.7. The number of para-hydroxylation sites is 2. The molecule has 0 amide bonds. The molecule has 9 aromatic carbocycles. The second-order valence-electron chi connectivity index (χ2n) is 15.1. The summed E-state index contributed by atoms with van der Waals surface area (Å²) >= 11 is 0. The minimum Gasteiger partial charge on any atom is -0.292 e. The smallest absolute Gasteiger partial charge is 0.145 e. The predicted octanol–water partition coefficient (Wildman–Crippen LogP) is 14.0. The van der Waals surface area contributed by atoms with Gasteiger partial charge in [0.2, 0.25) is 0 Å². The Bertz CT molecular complexity index is 3100. The minimum atomic E-state index is 0.927. The number of nitrogens with zero attached hydrogens (tertiary/aromatic N) is 4. The third-order valence-corrected chi connectivity index (χ3v) is 11.6. The van der Waals surface area contributed by atoms with Crippen LogP contribution >= 0.6 is 0 Å². The molecule has 4 heteroatoms. The molecule has 0 saturated heterocycles. The van der Waals surface area contributed by atoms with E-state index in [9.17, 15) is 0 Å². The molecule has 0 bridgehead atoms. The predicted molar refractivity (Wildman–Crippen MR) is 242 cm³/mol. The summed E-state index contributed by atoms with van der Waals surface area (Å²) in [5.41, 5.74) is 15.6. The van der Waals surface area contributed by atoms with Gasteiger partial charge in [-0.3, -0.25) is 9.13 Å². The van der Waals surface area contributed by atoms with Crippen molar-refractivity contribution in [1.29, 1.82) is 0 Å². The highest BCUT2D eigenvalue weighted by molar-refractivity contribution is 6.22. The zero-order chi connectivity index (χ0) is 38.7. The van der Waals surface area contributed by atoms with E-state index in [-0.39, 0.29) is 0 Å². The first-order valence-electron chi connectivity index (χ1n) is 19.8. The molecule has 0 spiro atoms. The van der Waals surface area contributed by atoms with E-state index in [1.165, 1.54) is 43.8 Å². The van der Waals surface area contributed by atoms with Gasteiger partial charge in [-0.1, -0.05) is 158 Å². The monoisotopic (exact) mass is 742 g/mol. The van der Waals surface area contributed by atoms with Crippen LogP contribution in [-0.4, -0.2) is 19.1 Å². The molecule has 4 nitrogen and oxygen atoms in total. The van der Waals surface area contributed by atoms with Crippen molar-refractivity contribution in [3.8, 4) is 56.4 Å². The first-order chi connectivity index (χ1) is 28.6. The van der Waals surface area contributed by atoms with Gasteiger partial charge < -0.3 is 0 Å². The second kappa shape index (κ2) is 13.6. The number of benzene rings is 9. The molecule has 274 valence electrons. The highest BCUT2D eigenvalue weighted by atomic mass is 15.1. The maximum absolute atomic E-state index is 5.28. The molecular formula is C54H38N4. The van der Waals surface area contributed by atoms with Crippen molar-refractivity contribution < 1.29 is 0 Å². The lowest BCUT2D eigenvalue weighted by Gasteiger charge is -2.20. The Hall–Kier alpha value is -7.56. The van der Waals surface area contributed by atoms with Crippen molar-refractivity contribution in [3.05, 3.63) is 205 Å². The Balaban J connectivity index is 1.26. The molecule has 2 aromatic heterocycles. The number of aromatic nitrogens is 4. The number of hydrogen-bond acceptors (Lipinski definition) is 2. The molecule has 0 atom stereocenters. The Labute approximate surface area is 337 Å². The van der Waals surface area contributed by atoms with Gasteiger partial charge in [-0.25, -0.2) is 9.97 Å². The lowest BCUT2D eigenvalue weighted by atomic mass is 9.85. The van der Waals surface area contributed by atoms with Crippen LogP contribution in [0.25, 0.3) is 100 Å². The molecule has 0 saturated carbocycles. The first-order valence-corrected chi connectivity index (χ1v) is 19.8. The van der Waals surface area contributed by atoms with E-state index in [1.807, 2.05) is 0 Å². The number of imidazole rings is 2. The third kappa shape index (κ3) is 5.37. The van der Waals surface area contributed by atoms with Gasteiger partial charge in [0.05, 0.1) is 22.1 Å². The van der Waals surface area contributed by atoms with E-state index in [0.29, 0.717) is 0 Å². The molecule has 0 radical (unpaired) electrons. The number of rotatable bonds is 6. The fourth-order valence-corrected chi connectivity index (χ4v) is 8.88. The summed E-state index contributed by atoms with van der Waals surface area (Å²) < 4.78 is 4.66. The Kier molecular flexibility index (Phi) is 7.90. The summed E-state index contributed by atoms with van der Waals surface area (Å²) in [6.45, 7) is 4.29. The van der Waals surface area contributed by atoms with Crippen molar-refractivity contribution >= 4 is 43.6 Å². The topological polar surface area (TPSA) is 35.6 Å². The van der Waals surface area contributed by atoms with Crippen molar-refractivity contribution in [2.75, 3.05) is 0 Å². The van der Waals surface area contributed by atoms with Crippen LogP contribution in [0, 0.1) is 13.8 Å². The Morgan fingerprint density at radius 2 is 0.690 bits per heavy atom.